The van der Waals surface area contributed by atoms with Gasteiger partial charge in [-0.15, -0.1) is 0 Å². The van der Waals surface area contributed by atoms with Crippen molar-refractivity contribution in [2.45, 2.75) is 38.9 Å². The first-order valence-corrected chi connectivity index (χ1v) is 9.60. The van der Waals surface area contributed by atoms with E-state index in [0.717, 1.165) is 19.4 Å². The van der Waals surface area contributed by atoms with Gasteiger partial charge in [0, 0.05) is 18.7 Å². The highest BCUT2D eigenvalue weighted by atomic mass is 16.5. The molecule has 148 valence electrons. The number of rotatable bonds is 7. The zero-order valence-corrected chi connectivity index (χ0v) is 16.2. The summed E-state index contributed by atoms with van der Waals surface area (Å²) < 4.78 is 11.2. The number of anilines is 1. The van der Waals surface area contributed by atoms with Crippen molar-refractivity contribution in [3.05, 3.63) is 59.7 Å². The van der Waals surface area contributed by atoms with Crippen LogP contribution in [0.4, 0.5) is 5.69 Å². The Hall–Kier alpha value is -2.86. The Morgan fingerprint density at radius 3 is 2.71 bits per heavy atom. The fourth-order valence-corrected chi connectivity index (χ4v) is 3.07. The molecule has 1 fully saturated rings. The van der Waals surface area contributed by atoms with Crippen LogP contribution in [0.25, 0.3) is 0 Å². The number of para-hydroxylation sites is 1. The highest BCUT2D eigenvalue weighted by Gasteiger charge is 2.19. The van der Waals surface area contributed by atoms with Crippen LogP contribution in [0.2, 0.25) is 0 Å². The van der Waals surface area contributed by atoms with Crippen molar-refractivity contribution >= 4 is 17.5 Å². The first-order chi connectivity index (χ1) is 13.5. The van der Waals surface area contributed by atoms with Gasteiger partial charge in [0.25, 0.3) is 11.8 Å². The zero-order chi connectivity index (χ0) is 19.9. The maximum absolute atomic E-state index is 12.7. The number of amides is 2. The molecule has 0 radical (unpaired) electrons. The Balaban J connectivity index is 1.68. The molecule has 28 heavy (non-hydrogen) atoms. The summed E-state index contributed by atoms with van der Waals surface area (Å²) in [5.41, 5.74) is 1.35. The molecule has 6 nitrogen and oxygen atoms in total. The van der Waals surface area contributed by atoms with E-state index in [1.54, 1.807) is 42.5 Å². The van der Waals surface area contributed by atoms with Crippen LogP contribution in [0.5, 0.6) is 5.75 Å². The summed E-state index contributed by atoms with van der Waals surface area (Å²) in [5, 5.41) is 5.72. The van der Waals surface area contributed by atoms with Crippen LogP contribution in [-0.4, -0.2) is 37.2 Å². The summed E-state index contributed by atoms with van der Waals surface area (Å²) in [6, 6.07) is 13.9. The van der Waals surface area contributed by atoms with Crippen molar-refractivity contribution in [1.82, 2.24) is 5.32 Å². The highest BCUT2D eigenvalue weighted by Crippen LogP contribution is 2.19. The number of nitrogens with one attached hydrogen (secondary N) is 2. The van der Waals surface area contributed by atoms with E-state index < -0.39 is 0 Å². The van der Waals surface area contributed by atoms with Crippen LogP contribution in [-0.2, 0) is 4.74 Å². The van der Waals surface area contributed by atoms with E-state index >= 15 is 0 Å². The number of hydrogen-bond acceptors (Lipinski definition) is 4. The average Bonchev–Trinajstić information content (AvgIpc) is 3.20. The highest BCUT2D eigenvalue weighted by molar-refractivity contribution is 6.09. The van der Waals surface area contributed by atoms with Crippen molar-refractivity contribution in [2.75, 3.05) is 18.5 Å². The number of ether oxygens (including phenoxy) is 2. The van der Waals surface area contributed by atoms with Crippen LogP contribution in [0, 0.1) is 0 Å². The fourth-order valence-electron chi connectivity index (χ4n) is 3.07. The molecule has 0 unspecified atom stereocenters. The summed E-state index contributed by atoms with van der Waals surface area (Å²) in [7, 11) is 0. The smallest absolute Gasteiger partial charge is 0.255 e. The van der Waals surface area contributed by atoms with E-state index in [1.807, 2.05) is 19.9 Å². The Morgan fingerprint density at radius 1 is 1.14 bits per heavy atom. The lowest BCUT2D eigenvalue weighted by molar-refractivity contribution is 0.0858. The molecule has 0 aromatic heterocycles. The molecule has 1 aliphatic rings. The number of benzene rings is 2. The van der Waals surface area contributed by atoms with Gasteiger partial charge in [-0.25, -0.2) is 0 Å². The molecule has 3 rings (SSSR count). The molecule has 0 bridgehead atoms. The number of carbonyl (C=O) groups excluding carboxylic acids is 2. The second-order valence-corrected chi connectivity index (χ2v) is 7.04. The molecule has 6 heteroatoms. The van der Waals surface area contributed by atoms with Crippen LogP contribution in [0.3, 0.4) is 0 Å². The molecule has 1 saturated heterocycles. The number of hydrogen-bond donors (Lipinski definition) is 2. The van der Waals surface area contributed by atoms with E-state index in [9.17, 15) is 9.59 Å². The van der Waals surface area contributed by atoms with Crippen LogP contribution in [0.15, 0.2) is 48.5 Å². The van der Waals surface area contributed by atoms with Crippen LogP contribution >= 0.6 is 0 Å². The minimum Gasteiger partial charge on any atom is -0.491 e. The SMILES string of the molecule is CC(C)Oc1cccc(C(=O)Nc2ccccc2C(=O)NC[C@H]2CCCO2)c1. The molecular formula is C22H26N2O4. The lowest BCUT2D eigenvalue weighted by Gasteiger charge is -2.14. The third-order valence-corrected chi connectivity index (χ3v) is 4.40. The van der Waals surface area contributed by atoms with Crippen molar-refractivity contribution < 1.29 is 19.1 Å². The van der Waals surface area contributed by atoms with Crippen molar-refractivity contribution in [2.24, 2.45) is 0 Å². The second-order valence-electron chi connectivity index (χ2n) is 7.04. The van der Waals surface area contributed by atoms with E-state index in [1.165, 1.54) is 0 Å². The summed E-state index contributed by atoms with van der Waals surface area (Å²) in [5.74, 6) is 0.0992. The van der Waals surface area contributed by atoms with Crippen molar-refractivity contribution in [1.29, 1.82) is 0 Å². The molecule has 0 spiro atoms. The minimum absolute atomic E-state index is 0.0200. The molecule has 1 atom stereocenters. The zero-order valence-electron chi connectivity index (χ0n) is 16.2. The largest absolute Gasteiger partial charge is 0.491 e. The Morgan fingerprint density at radius 2 is 1.96 bits per heavy atom. The Bertz CT molecular complexity index is 829. The molecule has 2 aromatic rings. The minimum atomic E-state index is -0.298. The third kappa shape index (κ3) is 5.33. The third-order valence-electron chi connectivity index (χ3n) is 4.40. The summed E-state index contributed by atoms with van der Waals surface area (Å²) >= 11 is 0. The van der Waals surface area contributed by atoms with Gasteiger partial charge in [-0.2, -0.15) is 0 Å². The predicted molar refractivity (Wildman–Crippen MR) is 108 cm³/mol. The van der Waals surface area contributed by atoms with E-state index in [2.05, 4.69) is 10.6 Å². The van der Waals surface area contributed by atoms with Gasteiger partial charge >= 0.3 is 0 Å². The van der Waals surface area contributed by atoms with E-state index in [4.69, 9.17) is 9.47 Å². The standard InChI is InChI=1S/C22H26N2O4/c1-15(2)28-17-8-5-7-16(13-17)21(25)24-20-11-4-3-10-19(20)22(26)23-14-18-9-6-12-27-18/h3-5,7-8,10-11,13,15,18H,6,9,12,14H2,1-2H3,(H,23,26)(H,24,25)/t18-/m1/s1. The van der Waals surface area contributed by atoms with Crippen molar-refractivity contribution in [3.63, 3.8) is 0 Å². The Kier molecular flexibility index (Phi) is 6.66. The maximum Gasteiger partial charge on any atom is 0.255 e. The second kappa shape index (κ2) is 9.37. The van der Waals surface area contributed by atoms with Gasteiger partial charge < -0.3 is 20.1 Å². The lowest BCUT2D eigenvalue weighted by Crippen LogP contribution is -2.32. The van der Waals surface area contributed by atoms with Gasteiger partial charge in [-0.1, -0.05) is 18.2 Å². The maximum atomic E-state index is 12.7. The first kappa shape index (κ1) is 19.9. The molecule has 2 amide bonds. The average molecular weight is 382 g/mol. The molecule has 2 N–H and O–H groups in total. The molecule has 2 aromatic carbocycles. The quantitative estimate of drug-likeness (QED) is 0.767. The van der Waals surface area contributed by atoms with Gasteiger partial charge in [-0.05, 0) is 57.0 Å². The normalized spacial score (nSPS) is 16.0. The van der Waals surface area contributed by atoms with Gasteiger partial charge in [-0.3, -0.25) is 9.59 Å². The lowest BCUT2D eigenvalue weighted by atomic mass is 10.1. The summed E-state index contributed by atoms with van der Waals surface area (Å²) in [6.07, 6.45) is 2.06. The molecule has 1 heterocycles. The van der Waals surface area contributed by atoms with Gasteiger partial charge in [0.2, 0.25) is 0 Å². The summed E-state index contributed by atoms with van der Waals surface area (Å²) in [4.78, 5) is 25.3. The van der Waals surface area contributed by atoms with Gasteiger partial charge in [0.15, 0.2) is 0 Å². The van der Waals surface area contributed by atoms with Gasteiger partial charge in [0.05, 0.1) is 23.5 Å². The molecule has 0 saturated carbocycles. The predicted octanol–water partition coefficient (Wildman–Crippen LogP) is 3.63. The summed E-state index contributed by atoms with van der Waals surface area (Å²) in [6.45, 7) is 5.07. The topological polar surface area (TPSA) is 76.7 Å². The number of carbonyl (C=O) groups is 2. The van der Waals surface area contributed by atoms with Crippen molar-refractivity contribution in [3.8, 4) is 5.75 Å². The van der Waals surface area contributed by atoms with E-state index in [-0.39, 0.29) is 24.0 Å². The van der Waals surface area contributed by atoms with Gasteiger partial charge in [0.1, 0.15) is 5.75 Å². The Labute approximate surface area is 165 Å². The van der Waals surface area contributed by atoms with Crippen LogP contribution < -0.4 is 15.4 Å². The van der Waals surface area contributed by atoms with E-state index in [0.29, 0.717) is 29.1 Å². The first-order valence-electron chi connectivity index (χ1n) is 9.60. The molecule has 0 aliphatic carbocycles. The molecular weight excluding hydrogens is 356 g/mol. The molecule has 1 aliphatic heterocycles. The fraction of sp³-hybridized carbons (Fsp3) is 0.364. The van der Waals surface area contributed by atoms with Crippen LogP contribution in [0.1, 0.15) is 47.4 Å². The monoisotopic (exact) mass is 382 g/mol.